The zero-order valence-electron chi connectivity index (χ0n) is 13.9. The number of aryl methyl sites for hydroxylation is 1. The van der Waals surface area contributed by atoms with E-state index in [-0.39, 0.29) is 12.6 Å². The number of nitrogens with zero attached hydrogens (tertiary/aromatic N) is 3. The maximum atomic E-state index is 12.2. The number of amides is 2. The molecule has 2 amide bonds. The summed E-state index contributed by atoms with van der Waals surface area (Å²) in [5.74, 6) is 2.11. The number of rotatable bonds is 6. The summed E-state index contributed by atoms with van der Waals surface area (Å²) in [6, 6.07) is 7.06. The second-order valence-corrected chi connectivity index (χ2v) is 5.75. The van der Waals surface area contributed by atoms with Gasteiger partial charge in [-0.3, -0.25) is 0 Å². The molecular weight excluding hydrogens is 296 g/mol. The van der Waals surface area contributed by atoms with Crippen LogP contribution in [0.25, 0.3) is 0 Å². The minimum absolute atomic E-state index is 0.256. The first-order chi connectivity index (χ1) is 10.9. The van der Waals surface area contributed by atoms with Crippen molar-refractivity contribution >= 4 is 11.7 Å². The maximum absolute atomic E-state index is 12.2. The van der Waals surface area contributed by atoms with Crippen molar-refractivity contribution in [3.05, 3.63) is 36.0 Å². The van der Waals surface area contributed by atoms with Gasteiger partial charge in [-0.2, -0.15) is 4.98 Å². The maximum Gasteiger partial charge on any atom is 0.321 e. The summed E-state index contributed by atoms with van der Waals surface area (Å²) < 4.78 is 10.5. The van der Waals surface area contributed by atoms with E-state index in [0.29, 0.717) is 29.9 Å². The molecule has 0 spiro atoms. The van der Waals surface area contributed by atoms with Gasteiger partial charge in [0.1, 0.15) is 5.75 Å². The van der Waals surface area contributed by atoms with Crippen molar-refractivity contribution in [1.82, 2.24) is 15.0 Å². The molecule has 0 atom stereocenters. The van der Waals surface area contributed by atoms with Crippen molar-refractivity contribution < 1.29 is 14.1 Å². The highest BCUT2D eigenvalue weighted by atomic mass is 16.5. The molecule has 2 aromatic rings. The van der Waals surface area contributed by atoms with Crippen molar-refractivity contribution in [2.75, 3.05) is 19.0 Å². The van der Waals surface area contributed by atoms with E-state index in [1.165, 1.54) is 4.90 Å². The number of hydrogen-bond acceptors (Lipinski definition) is 5. The highest BCUT2D eigenvalue weighted by molar-refractivity contribution is 5.89. The summed E-state index contributed by atoms with van der Waals surface area (Å²) in [5.41, 5.74) is 0.674. The summed E-state index contributed by atoms with van der Waals surface area (Å²) in [7, 11) is 1.67. The number of hydrogen-bond donors (Lipinski definition) is 1. The number of carbonyl (C=O) groups excluding carboxylic acids is 1. The number of nitrogens with one attached hydrogen (secondary N) is 1. The first-order valence-corrected chi connectivity index (χ1v) is 7.48. The van der Waals surface area contributed by atoms with E-state index in [2.05, 4.69) is 29.3 Å². The summed E-state index contributed by atoms with van der Waals surface area (Å²) in [4.78, 5) is 17.7. The zero-order chi connectivity index (χ0) is 16.8. The van der Waals surface area contributed by atoms with Crippen LogP contribution in [0.2, 0.25) is 0 Å². The lowest BCUT2D eigenvalue weighted by Crippen LogP contribution is -2.31. The van der Waals surface area contributed by atoms with Crippen LogP contribution in [0.1, 0.15) is 25.6 Å². The second-order valence-electron chi connectivity index (χ2n) is 5.75. The molecule has 0 aliphatic carbocycles. The van der Waals surface area contributed by atoms with Crippen LogP contribution in [0.3, 0.4) is 0 Å². The van der Waals surface area contributed by atoms with Gasteiger partial charge in [0.05, 0.1) is 13.2 Å². The molecule has 124 valence electrons. The van der Waals surface area contributed by atoms with Crippen LogP contribution >= 0.6 is 0 Å². The Morgan fingerprint density at radius 3 is 2.87 bits per heavy atom. The SMILES string of the molecule is Cc1nc(CN(C)C(=O)Nc2cccc(OCC(C)C)c2)no1. The van der Waals surface area contributed by atoms with E-state index in [1.54, 1.807) is 20.0 Å². The number of urea groups is 1. The third kappa shape index (κ3) is 5.28. The fourth-order valence-electron chi connectivity index (χ4n) is 1.83. The minimum atomic E-state index is -0.256. The molecule has 0 saturated carbocycles. The molecule has 0 saturated heterocycles. The molecular formula is C16H22N4O3. The monoisotopic (exact) mass is 318 g/mol. The first kappa shape index (κ1) is 16.8. The van der Waals surface area contributed by atoms with Crippen LogP contribution < -0.4 is 10.1 Å². The molecule has 0 aliphatic rings. The van der Waals surface area contributed by atoms with Crippen LogP contribution in [-0.4, -0.2) is 34.7 Å². The lowest BCUT2D eigenvalue weighted by molar-refractivity contribution is 0.219. The average molecular weight is 318 g/mol. The first-order valence-electron chi connectivity index (χ1n) is 7.48. The van der Waals surface area contributed by atoms with Crippen LogP contribution in [0, 0.1) is 12.8 Å². The van der Waals surface area contributed by atoms with Gasteiger partial charge in [-0.25, -0.2) is 4.79 Å². The second kappa shape index (κ2) is 7.62. The Morgan fingerprint density at radius 1 is 1.43 bits per heavy atom. The van der Waals surface area contributed by atoms with Crippen molar-refractivity contribution in [3.8, 4) is 5.75 Å². The van der Waals surface area contributed by atoms with Crippen LogP contribution in [-0.2, 0) is 6.54 Å². The number of benzene rings is 1. The van der Waals surface area contributed by atoms with Gasteiger partial charge < -0.3 is 19.5 Å². The van der Waals surface area contributed by atoms with E-state index >= 15 is 0 Å². The molecule has 0 fully saturated rings. The van der Waals surface area contributed by atoms with Gasteiger partial charge in [0, 0.05) is 25.7 Å². The zero-order valence-corrected chi connectivity index (χ0v) is 13.9. The summed E-state index contributed by atoms with van der Waals surface area (Å²) >= 11 is 0. The highest BCUT2D eigenvalue weighted by Gasteiger charge is 2.13. The molecule has 0 bridgehead atoms. The Balaban J connectivity index is 1.92. The summed E-state index contributed by atoms with van der Waals surface area (Å²) in [6.07, 6.45) is 0. The molecule has 2 rings (SSSR count). The highest BCUT2D eigenvalue weighted by Crippen LogP contribution is 2.18. The minimum Gasteiger partial charge on any atom is -0.493 e. The Labute approximate surface area is 135 Å². The van der Waals surface area contributed by atoms with Gasteiger partial charge in [-0.05, 0) is 18.1 Å². The Bertz CT molecular complexity index is 654. The molecule has 7 nitrogen and oxygen atoms in total. The molecule has 1 aromatic carbocycles. The number of ether oxygens (including phenoxy) is 1. The molecule has 1 heterocycles. The Hall–Kier alpha value is -2.57. The average Bonchev–Trinajstić information content (AvgIpc) is 2.90. The molecule has 1 N–H and O–H groups in total. The third-order valence-electron chi connectivity index (χ3n) is 2.96. The largest absolute Gasteiger partial charge is 0.493 e. The quantitative estimate of drug-likeness (QED) is 0.885. The lowest BCUT2D eigenvalue weighted by atomic mass is 10.2. The van der Waals surface area contributed by atoms with Gasteiger partial charge in [0.25, 0.3) is 0 Å². The van der Waals surface area contributed by atoms with E-state index in [0.717, 1.165) is 5.75 Å². The summed E-state index contributed by atoms with van der Waals surface area (Å²) in [5, 5.41) is 6.59. The van der Waals surface area contributed by atoms with Gasteiger partial charge >= 0.3 is 6.03 Å². The number of aromatic nitrogens is 2. The van der Waals surface area contributed by atoms with Crippen molar-refractivity contribution in [2.24, 2.45) is 5.92 Å². The van der Waals surface area contributed by atoms with E-state index in [4.69, 9.17) is 9.26 Å². The normalized spacial score (nSPS) is 10.7. The summed E-state index contributed by atoms with van der Waals surface area (Å²) in [6.45, 7) is 6.78. The van der Waals surface area contributed by atoms with Crippen LogP contribution in [0.5, 0.6) is 5.75 Å². The Kier molecular flexibility index (Phi) is 5.56. The van der Waals surface area contributed by atoms with Crippen molar-refractivity contribution in [3.63, 3.8) is 0 Å². The molecule has 7 heteroatoms. The predicted octanol–water partition coefficient (Wildman–Crippen LogP) is 3.08. The predicted molar refractivity (Wildman–Crippen MR) is 86.3 cm³/mol. The van der Waals surface area contributed by atoms with Gasteiger partial charge in [-0.1, -0.05) is 25.1 Å². The smallest absolute Gasteiger partial charge is 0.321 e. The molecule has 1 aromatic heterocycles. The topological polar surface area (TPSA) is 80.5 Å². The number of anilines is 1. The van der Waals surface area contributed by atoms with Crippen LogP contribution in [0.15, 0.2) is 28.8 Å². The third-order valence-corrected chi connectivity index (χ3v) is 2.96. The van der Waals surface area contributed by atoms with Gasteiger partial charge in [-0.15, -0.1) is 0 Å². The Morgan fingerprint density at radius 2 is 2.22 bits per heavy atom. The standard InChI is InChI=1S/C16H22N4O3/c1-11(2)10-22-14-7-5-6-13(8-14)18-16(21)20(4)9-15-17-12(3)23-19-15/h5-8,11H,9-10H2,1-4H3,(H,18,21). The van der Waals surface area contributed by atoms with E-state index in [9.17, 15) is 4.79 Å². The van der Waals surface area contributed by atoms with Gasteiger partial charge in [0.2, 0.25) is 5.89 Å². The molecule has 0 radical (unpaired) electrons. The van der Waals surface area contributed by atoms with E-state index in [1.807, 2.05) is 18.2 Å². The number of carbonyl (C=O) groups is 1. The van der Waals surface area contributed by atoms with Crippen molar-refractivity contribution in [1.29, 1.82) is 0 Å². The molecule has 23 heavy (non-hydrogen) atoms. The van der Waals surface area contributed by atoms with Crippen molar-refractivity contribution in [2.45, 2.75) is 27.3 Å². The fraction of sp³-hybridized carbons (Fsp3) is 0.438. The molecule has 0 aliphatic heterocycles. The van der Waals surface area contributed by atoms with Gasteiger partial charge in [0.15, 0.2) is 5.82 Å². The molecule has 0 unspecified atom stereocenters. The van der Waals surface area contributed by atoms with E-state index < -0.39 is 0 Å². The lowest BCUT2D eigenvalue weighted by Gasteiger charge is -2.16. The van der Waals surface area contributed by atoms with Crippen LogP contribution in [0.4, 0.5) is 10.5 Å². The fourth-order valence-corrected chi connectivity index (χ4v) is 1.83.